The van der Waals surface area contributed by atoms with Crippen LogP contribution in [0.2, 0.25) is 0 Å². The maximum atomic E-state index is 6.52. The van der Waals surface area contributed by atoms with Crippen LogP contribution in [0, 0.1) is 17.8 Å². The molecule has 0 aliphatic heterocycles. The number of rotatable bonds is 4. The number of fused-ring (bicyclic) bond motifs is 1. The van der Waals surface area contributed by atoms with Crippen molar-refractivity contribution in [1.29, 1.82) is 0 Å². The molecule has 1 nitrogen and oxygen atoms in total. The molecule has 0 heterocycles. The molecule has 1 aliphatic carbocycles. The summed E-state index contributed by atoms with van der Waals surface area (Å²) in [6, 6.07) is 15.2. The van der Waals surface area contributed by atoms with Gasteiger partial charge in [0.05, 0.1) is 0 Å². The van der Waals surface area contributed by atoms with Gasteiger partial charge in [0.15, 0.2) is 0 Å². The summed E-state index contributed by atoms with van der Waals surface area (Å²) < 4.78 is 7.68. The summed E-state index contributed by atoms with van der Waals surface area (Å²) in [5.74, 6) is 2.18. The minimum atomic E-state index is 0.387. The normalized spacial score (nSPS) is 25.0. The Morgan fingerprint density at radius 1 is 1.09 bits per heavy atom. The van der Waals surface area contributed by atoms with Crippen molar-refractivity contribution >= 4 is 14.9 Å². The molecule has 122 valence electrons. The molecular weight excluding hydrogens is 452 g/mol. The van der Waals surface area contributed by atoms with Crippen LogP contribution in [-0.2, 0) is 24.1 Å². The van der Waals surface area contributed by atoms with Gasteiger partial charge in [-0.15, -0.1) is 0 Å². The average molecular weight is 478 g/mol. The van der Waals surface area contributed by atoms with E-state index < -0.39 is 0 Å². The van der Waals surface area contributed by atoms with E-state index in [1.54, 1.807) is 0 Å². The van der Waals surface area contributed by atoms with Crippen LogP contribution >= 0.6 is 0 Å². The molecule has 1 aliphatic rings. The van der Waals surface area contributed by atoms with E-state index >= 15 is 0 Å². The molecule has 23 heavy (non-hydrogen) atoms. The van der Waals surface area contributed by atoms with Gasteiger partial charge < -0.3 is 0 Å². The molecule has 0 saturated heterocycles. The second-order valence-corrected chi connectivity index (χ2v) is 8.66. The van der Waals surface area contributed by atoms with Crippen molar-refractivity contribution in [3.8, 4) is 0 Å². The van der Waals surface area contributed by atoms with Crippen LogP contribution in [0.4, 0.5) is 0 Å². The van der Waals surface area contributed by atoms with Crippen LogP contribution in [0.3, 0.4) is 0 Å². The zero-order chi connectivity index (χ0) is 16.4. The molecule has 0 spiro atoms. The van der Waals surface area contributed by atoms with Crippen LogP contribution in [0.1, 0.15) is 45.6 Å². The minimum absolute atomic E-state index is 0.387. The van der Waals surface area contributed by atoms with Crippen molar-refractivity contribution in [2.45, 2.75) is 46.1 Å². The number of ether oxygens (including phenoxy) is 1. The molecule has 0 N–H and O–H groups in total. The zero-order valence-corrected chi connectivity index (χ0v) is 17.2. The monoisotopic (exact) mass is 478 g/mol. The molecule has 0 bridgehead atoms. The van der Waals surface area contributed by atoms with Crippen molar-refractivity contribution in [2.75, 3.05) is 0 Å². The van der Waals surface area contributed by atoms with E-state index in [-0.39, 0.29) is 0 Å². The molecule has 2 aromatic rings. The van der Waals surface area contributed by atoms with E-state index in [2.05, 4.69) is 63.2 Å². The summed E-state index contributed by atoms with van der Waals surface area (Å²) in [5, 5.41) is 2.59. The van der Waals surface area contributed by atoms with Gasteiger partial charge in [-0.1, -0.05) is 0 Å². The molecule has 0 amide bonds. The quantitative estimate of drug-likeness (QED) is 0.577. The standard InChI is InChI=1S/C21H26O.W/c1-15(2)20-11-8-16(3)12-21(20)22-14-17-9-10-18-6-4-5-7-19(18)13-17;/h4-7,9-10,13,15-16,20-21H,8,11-12H2,1-3H3;/t16-,20+,21-;/m1./s1. The van der Waals surface area contributed by atoms with E-state index in [1.807, 2.05) is 0 Å². The maximum absolute atomic E-state index is 6.52. The summed E-state index contributed by atoms with van der Waals surface area (Å²) >= 11 is 1.43. The second kappa shape index (κ2) is 7.41. The van der Waals surface area contributed by atoms with Crippen LogP contribution < -0.4 is 0 Å². The molecule has 0 aromatic heterocycles. The zero-order valence-electron chi connectivity index (χ0n) is 14.3. The topological polar surface area (TPSA) is 9.23 Å². The average Bonchev–Trinajstić information content (AvgIpc) is 2.54. The van der Waals surface area contributed by atoms with Gasteiger partial charge in [0.25, 0.3) is 0 Å². The summed E-state index contributed by atoms with van der Waals surface area (Å²) in [5.41, 5.74) is 1.25. The molecule has 1 fully saturated rings. The van der Waals surface area contributed by atoms with Gasteiger partial charge in [0.2, 0.25) is 0 Å². The third-order valence-electron chi connectivity index (χ3n) is 5.20. The first-order chi connectivity index (χ1) is 11.0. The number of benzene rings is 2. The van der Waals surface area contributed by atoms with Crippen molar-refractivity contribution in [2.24, 2.45) is 17.8 Å². The van der Waals surface area contributed by atoms with Crippen molar-refractivity contribution in [3.63, 3.8) is 0 Å². The van der Waals surface area contributed by atoms with Gasteiger partial charge in [-0.2, -0.15) is 0 Å². The predicted molar refractivity (Wildman–Crippen MR) is 94.3 cm³/mol. The fraction of sp³-hybridized carbons (Fsp3) is 0.476. The molecule has 2 heteroatoms. The second-order valence-electron chi connectivity index (χ2n) is 7.33. The third-order valence-corrected chi connectivity index (χ3v) is 6.40. The summed E-state index contributed by atoms with van der Waals surface area (Å²) in [6.45, 7) is 7.05. The molecular formula is C21H26OW. The first-order valence-corrected chi connectivity index (χ1v) is 10.2. The Morgan fingerprint density at radius 3 is 2.57 bits per heavy atom. The molecule has 1 saturated carbocycles. The molecule has 3 atom stereocenters. The van der Waals surface area contributed by atoms with Crippen LogP contribution in [0.5, 0.6) is 0 Å². The van der Waals surface area contributed by atoms with E-state index in [0.29, 0.717) is 17.9 Å². The van der Waals surface area contributed by atoms with E-state index in [0.717, 1.165) is 10.0 Å². The molecule has 3 rings (SSSR count). The third kappa shape index (κ3) is 4.01. The molecule has 0 unspecified atom stereocenters. The van der Waals surface area contributed by atoms with E-state index in [4.69, 9.17) is 4.74 Å². The van der Waals surface area contributed by atoms with Gasteiger partial charge in [0, 0.05) is 0 Å². The fourth-order valence-corrected chi connectivity index (χ4v) is 4.67. The Labute approximate surface area is 150 Å². The fourth-order valence-electron chi connectivity index (χ4n) is 3.77. The van der Waals surface area contributed by atoms with Gasteiger partial charge in [-0.3, -0.25) is 0 Å². The summed E-state index contributed by atoms with van der Waals surface area (Å²) in [6.07, 6.45) is 4.25. The Bertz CT molecular complexity index is 691. The van der Waals surface area contributed by atoms with Crippen molar-refractivity contribution < 1.29 is 24.1 Å². The Hall–Kier alpha value is -0.782. The van der Waals surface area contributed by atoms with Gasteiger partial charge in [0.1, 0.15) is 0 Å². The van der Waals surface area contributed by atoms with Crippen molar-refractivity contribution in [3.05, 3.63) is 48.0 Å². The SMILES string of the molecule is CC(C)[C@@H]1CC[C@@H](C)C[C@H]1O[C](=[W])c1ccc2ccccc2c1. The van der Waals surface area contributed by atoms with Gasteiger partial charge in [-0.05, 0) is 0 Å². The van der Waals surface area contributed by atoms with Gasteiger partial charge >= 0.3 is 151 Å². The van der Waals surface area contributed by atoms with Crippen LogP contribution in [0.25, 0.3) is 10.8 Å². The first-order valence-electron chi connectivity index (χ1n) is 8.74. The molecule has 0 radical (unpaired) electrons. The summed E-state index contributed by atoms with van der Waals surface area (Å²) in [4.78, 5) is 0. The van der Waals surface area contributed by atoms with Crippen LogP contribution in [0.15, 0.2) is 42.5 Å². The van der Waals surface area contributed by atoms with E-state index in [1.165, 1.54) is 55.0 Å². The number of hydrogen-bond donors (Lipinski definition) is 0. The van der Waals surface area contributed by atoms with Gasteiger partial charge in [-0.25, -0.2) is 0 Å². The Kier molecular flexibility index (Phi) is 5.49. The predicted octanol–water partition coefficient (Wildman–Crippen LogP) is 5.34. The van der Waals surface area contributed by atoms with E-state index in [9.17, 15) is 0 Å². The van der Waals surface area contributed by atoms with Crippen molar-refractivity contribution in [1.82, 2.24) is 0 Å². The molecule has 2 aromatic carbocycles. The van der Waals surface area contributed by atoms with Crippen LogP contribution in [-0.4, -0.2) is 10.2 Å². The summed E-state index contributed by atoms with van der Waals surface area (Å²) in [7, 11) is 0. The first kappa shape index (κ1) is 17.1. The Balaban J connectivity index is 1.78. The number of hydrogen-bond acceptors (Lipinski definition) is 1. The Morgan fingerprint density at radius 2 is 1.83 bits per heavy atom.